The van der Waals surface area contributed by atoms with Gasteiger partial charge in [0.05, 0.1) is 12.1 Å². The summed E-state index contributed by atoms with van der Waals surface area (Å²) >= 11 is 6.03. The molecule has 0 aliphatic carbocycles. The first kappa shape index (κ1) is 25.1. The number of para-hydroxylation sites is 1. The third-order valence-electron chi connectivity index (χ3n) is 5.97. The maximum atomic E-state index is 13.6. The molecule has 4 amide bonds. The number of amides is 4. The average molecular weight is 504 g/mol. The van der Waals surface area contributed by atoms with Crippen LogP contribution in [-0.2, 0) is 15.0 Å². The van der Waals surface area contributed by atoms with Crippen LogP contribution in [0.4, 0.5) is 5.69 Å². The lowest BCUT2D eigenvalue weighted by molar-refractivity contribution is -0.122. The van der Waals surface area contributed by atoms with Crippen LogP contribution in [0.25, 0.3) is 0 Å². The van der Waals surface area contributed by atoms with Gasteiger partial charge in [0.25, 0.3) is 17.7 Å². The molecule has 4 rings (SSSR count). The minimum Gasteiger partial charge on any atom is -0.274 e. The summed E-state index contributed by atoms with van der Waals surface area (Å²) in [5.74, 6) is -2.30. The zero-order valence-corrected chi connectivity index (χ0v) is 21.0. The quantitative estimate of drug-likeness (QED) is 0.411. The minimum atomic E-state index is -1.21. The van der Waals surface area contributed by atoms with E-state index in [0.29, 0.717) is 10.7 Å². The zero-order valence-electron chi connectivity index (χ0n) is 20.2. The molecule has 7 nitrogen and oxygen atoms in total. The van der Waals surface area contributed by atoms with E-state index in [2.05, 4.69) is 26.2 Å². The molecule has 36 heavy (non-hydrogen) atoms. The van der Waals surface area contributed by atoms with Crippen LogP contribution in [0.15, 0.2) is 78.9 Å². The fourth-order valence-electron chi connectivity index (χ4n) is 3.99. The van der Waals surface area contributed by atoms with Crippen LogP contribution in [0, 0.1) is 0 Å². The highest BCUT2D eigenvalue weighted by molar-refractivity contribution is 6.31. The van der Waals surface area contributed by atoms with Gasteiger partial charge in [-0.2, -0.15) is 0 Å². The van der Waals surface area contributed by atoms with Gasteiger partial charge in [-0.05, 0) is 53.4 Å². The number of carbonyl (C=O) groups excluding carboxylic acids is 4. The van der Waals surface area contributed by atoms with Gasteiger partial charge in [0.2, 0.25) is 5.91 Å². The van der Waals surface area contributed by atoms with Gasteiger partial charge in [0, 0.05) is 16.1 Å². The smallest absolute Gasteiger partial charge is 0.273 e. The van der Waals surface area contributed by atoms with Crippen LogP contribution in [0.5, 0.6) is 0 Å². The predicted octanol–water partition coefficient (Wildman–Crippen LogP) is 4.76. The summed E-state index contributed by atoms with van der Waals surface area (Å²) in [6, 6.07) is 20.5. The molecule has 0 aromatic heterocycles. The van der Waals surface area contributed by atoms with Crippen LogP contribution in [0.2, 0.25) is 5.02 Å². The number of anilines is 1. The Labute approximate surface area is 214 Å². The predicted molar refractivity (Wildman–Crippen MR) is 138 cm³/mol. The summed E-state index contributed by atoms with van der Waals surface area (Å²) in [6.45, 7) is 6.17. The molecular weight excluding hydrogens is 478 g/mol. The molecule has 1 aliphatic rings. The maximum absolute atomic E-state index is 13.6. The lowest BCUT2D eigenvalue weighted by Gasteiger charge is -2.28. The van der Waals surface area contributed by atoms with Crippen molar-refractivity contribution in [1.29, 1.82) is 0 Å². The zero-order chi connectivity index (χ0) is 26.0. The van der Waals surface area contributed by atoms with E-state index in [1.165, 1.54) is 6.07 Å². The monoisotopic (exact) mass is 503 g/mol. The second-order valence-electron chi connectivity index (χ2n) is 9.58. The number of carbonyl (C=O) groups is 4. The molecule has 1 fully saturated rings. The number of hydrogen-bond acceptors (Lipinski definition) is 4. The van der Waals surface area contributed by atoms with E-state index in [9.17, 15) is 19.2 Å². The third-order valence-corrected chi connectivity index (χ3v) is 6.21. The largest absolute Gasteiger partial charge is 0.274 e. The molecule has 1 aliphatic heterocycles. The highest BCUT2D eigenvalue weighted by Gasteiger charge is 2.45. The fraction of sp³-hybridized carbons (Fsp3) is 0.214. The van der Waals surface area contributed by atoms with Gasteiger partial charge >= 0.3 is 0 Å². The Bertz CT molecular complexity index is 1320. The molecule has 1 atom stereocenters. The van der Waals surface area contributed by atoms with Gasteiger partial charge in [-0.15, -0.1) is 0 Å². The van der Waals surface area contributed by atoms with Crippen molar-refractivity contribution in [2.75, 3.05) is 4.90 Å². The summed E-state index contributed by atoms with van der Waals surface area (Å²) in [5, 5.41) is 1.30. The second-order valence-corrected chi connectivity index (χ2v) is 10.0. The van der Waals surface area contributed by atoms with E-state index in [-0.39, 0.29) is 23.0 Å². The van der Waals surface area contributed by atoms with Gasteiger partial charge in [-0.3, -0.25) is 24.6 Å². The molecule has 3 aromatic rings. The summed E-state index contributed by atoms with van der Waals surface area (Å²) in [5.41, 5.74) is 4.34. The standard InChI is InChI=1S/C28H26ClN3O4/c1-28(2,3)20-14-12-18(13-15-20)26(35)32(30-25(34)19-8-7-9-21(29)16-19)23-17-24(33)31(27(23)36)22-10-5-4-6-11-22/h4-16,23H,17H2,1-3H3,(H,30,34). The molecule has 3 aromatic carbocycles. The number of rotatable bonds is 4. The molecule has 184 valence electrons. The molecule has 0 spiro atoms. The second kappa shape index (κ2) is 9.95. The average Bonchev–Trinajstić information content (AvgIpc) is 3.15. The number of imide groups is 1. The number of halogens is 1. The van der Waals surface area contributed by atoms with Gasteiger partial charge in [-0.1, -0.05) is 68.8 Å². The number of hydrazine groups is 1. The van der Waals surface area contributed by atoms with Crippen molar-refractivity contribution in [1.82, 2.24) is 10.4 Å². The van der Waals surface area contributed by atoms with E-state index in [4.69, 9.17) is 11.6 Å². The molecule has 1 heterocycles. The molecule has 0 radical (unpaired) electrons. The summed E-state index contributed by atoms with van der Waals surface area (Å²) in [4.78, 5) is 54.0. The lowest BCUT2D eigenvalue weighted by atomic mass is 9.86. The Balaban J connectivity index is 1.69. The molecule has 0 bridgehead atoms. The molecular formula is C28H26ClN3O4. The molecule has 1 N–H and O–H groups in total. The first-order valence-electron chi connectivity index (χ1n) is 11.5. The van der Waals surface area contributed by atoms with Gasteiger partial charge in [0.1, 0.15) is 6.04 Å². The highest BCUT2D eigenvalue weighted by Crippen LogP contribution is 2.27. The third kappa shape index (κ3) is 5.16. The fourth-order valence-corrected chi connectivity index (χ4v) is 4.18. The Morgan fingerprint density at radius 3 is 2.19 bits per heavy atom. The van der Waals surface area contributed by atoms with Crippen molar-refractivity contribution in [2.45, 2.75) is 38.6 Å². The number of nitrogens with one attached hydrogen (secondary N) is 1. The van der Waals surface area contributed by atoms with E-state index in [0.717, 1.165) is 15.5 Å². The van der Waals surface area contributed by atoms with E-state index >= 15 is 0 Å². The normalized spacial score (nSPS) is 15.7. The number of hydrogen-bond donors (Lipinski definition) is 1. The first-order valence-corrected chi connectivity index (χ1v) is 11.9. The molecule has 0 saturated carbocycles. The number of nitrogens with zero attached hydrogens (tertiary/aromatic N) is 2. The topological polar surface area (TPSA) is 86.8 Å². The van der Waals surface area contributed by atoms with Crippen molar-refractivity contribution in [3.63, 3.8) is 0 Å². The Kier molecular flexibility index (Phi) is 6.95. The Hall–Kier alpha value is -3.97. The van der Waals surface area contributed by atoms with Crippen molar-refractivity contribution >= 4 is 40.9 Å². The van der Waals surface area contributed by atoms with Gasteiger partial charge in [0.15, 0.2) is 0 Å². The van der Waals surface area contributed by atoms with Crippen LogP contribution in [0.1, 0.15) is 53.5 Å². The van der Waals surface area contributed by atoms with E-state index in [1.54, 1.807) is 60.7 Å². The summed E-state index contributed by atoms with van der Waals surface area (Å²) in [6.07, 6.45) is -0.268. The highest BCUT2D eigenvalue weighted by atomic mass is 35.5. The number of benzene rings is 3. The Morgan fingerprint density at radius 1 is 0.917 bits per heavy atom. The van der Waals surface area contributed by atoms with Gasteiger partial charge in [-0.25, -0.2) is 9.91 Å². The SMILES string of the molecule is CC(C)(C)c1ccc(C(=O)N(NC(=O)c2cccc(Cl)c2)C2CC(=O)N(c3ccccc3)C2=O)cc1. The van der Waals surface area contributed by atoms with Crippen molar-refractivity contribution in [3.05, 3.63) is 101 Å². The van der Waals surface area contributed by atoms with Gasteiger partial charge < -0.3 is 0 Å². The maximum Gasteiger partial charge on any atom is 0.273 e. The summed E-state index contributed by atoms with van der Waals surface area (Å²) in [7, 11) is 0. The van der Waals surface area contributed by atoms with E-state index < -0.39 is 29.7 Å². The molecule has 1 unspecified atom stereocenters. The van der Waals surface area contributed by atoms with Crippen molar-refractivity contribution in [3.8, 4) is 0 Å². The van der Waals surface area contributed by atoms with E-state index in [1.807, 2.05) is 12.1 Å². The van der Waals surface area contributed by atoms with Crippen LogP contribution in [0.3, 0.4) is 0 Å². The van der Waals surface area contributed by atoms with Crippen LogP contribution in [-0.4, -0.2) is 34.7 Å². The van der Waals surface area contributed by atoms with Crippen LogP contribution >= 0.6 is 11.6 Å². The summed E-state index contributed by atoms with van der Waals surface area (Å²) < 4.78 is 0. The lowest BCUT2D eigenvalue weighted by Crippen LogP contribution is -2.54. The van der Waals surface area contributed by atoms with Crippen LogP contribution < -0.4 is 10.3 Å². The minimum absolute atomic E-state index is 0.119. The molecule has 8 heteroatoms. The first-order chi connectivity index (χ1) is 17.1. The van der Waals surface area contributed by atoms with Crippen molar-refractivity contribution in [2.24, 2.45) is 0 Å². The van der Waals surface area contributed by atoms with Crippen molar-refractivity contribution < 1.29 is 19.2 Å². The molecule has 1 saturated heterocycles. The Morgan fingerprint density at radius 2 is 1.58 bits per heavy atom.